The van der Waals surface area contributed by atoms with Crippen molar-refractivity contribution in [1.82, 2.24) is 4.98 Å². The number of benzene rings is 1. The van der Waals surface area contributed by atoms with Crippen LogP contribution in [0.3, 0.4) is 0 Å². The number of carbonyl (C=O) groups is 1. The van der Waals surface area contributed by atoms with Gasteiger partial charge in [0.1, 0.15) is 16.9 Å². The number of hydrogen-bond donors (Lipinski definition) is 1. The second-order valence-corrected chi connectivity index (χ2v) is 6.63. The Morgan fingerprint density at radius 2 is 2.12 bits per heavy atom. The molecule has 1 amide bonds. The molecule has 0 spiro atoms. The molecule has 25 heavy (non-hydrogen) atoms. The predicted octanol–water partition coefficient (Wildman–Crippen LogP) is 4.17. The average Bonchev–Trinajstić information content (AvgIpc) is 3.47. The Hall–Kier alpha value is -2.14. The van der Waals surface area contributed by atoms with Crippen LogP contribution in [0.1, 0.15) is 40.0 Å². The normalized spacial score (nSPS) is 16.4. The molecule has 1 fully saturated rings. The third-order valence-electron chi connectivity index (χ3n) is 4.69. The molecule has 1 aromatic carbocycles. The summed E-state index contributed by atoms with van der Waals surface area (Å²) < 4.78 is 11.6. The highest BCUT2D eigenvalue weighted by atomic mass is 16.5. The lowest BCUT2D eigenvalue weighted by Gasteiger charge is -2.29. The number of nitrogens with one attached hydrogen (secondary N) is 1. The topological polar surface area (TPSA) is 60.5 Å². The summed E-state index contributed by atoms with van der Waals surface area (Å²) in [7, 11) is 0. The maximum absolute atomic E-state index is 13.0. The molecule has 3 rings (SSSR count). The van der Waals surface area contributed by atoms with Gasteiger partial charge in [-0.1, -0.05) is 6.92 Å². The Kier molecular flexibility index (Phi) is 5.23. The number of pyridine rings is 1. The lowest BCUT2D eigenvalue weighted by Crippen LogP contribution is -2.45. The lowest BCUT2D eigenvalue weighted by molar-refractivity contribution is -0.142. The Balaban J connectivity index is 1.89. The van der Waals surface area contributed by atoms with Crippen molar-refractivity contribution in [3.63, 3.8) is 0 Å². The monoisotopic (exact) mass is 342 g/mol. The summed E-state index contributed by atoms with van der Waals surface area (Å²) >= 11 is 0. The van der Waals surface area contributed by atoms with Gasteiger partial charge in [-0.25, -0.2) is 0 Å². The second kappa shape index (κ2) is 7.40. The molecule has 0 aliphatic heterocycles. The van der Waals surface area contributed by atoms with E-state index in [1.165, 1.54) is 0 Å². The summed E-state index contributed by atoms with van der Waals surface area (Å²) in [6, 6.07) is 7.54. The number of hydrogen-bond acceptors (Lipinski definition) is 4. The Bertz CT molecular complexity index is 758. The number of fused-ring (bicyclic) bond motifs is 1. The summed E-state index contributed by atoms with van der Waals surface area (Å²) in [4.78, 5) is 17.4. The smallest absolute Gasteiger partial charge is 0.256 e. The largest absolute Gasteiger partial charge is 0.492 e. The van der Waals surface area contributed by atoms with Gasteiger partial charge >= 0.3 is 0 Å². The first-order valence-corrected chi connectivity index (χ1v) is 9.06. The van der Waals surface area contributed by atoms with E-state index in [4.69, 9.17) is 9.47 Å². The number of rotatable bonds is 8. The van der Waals surface area contributed by atoms with Crippen molar-refractivity contribution in [3.05, 3.63) is 30.5 Å². The molecule has 1 N–H and O–H groups in total. The zero-order valence-corrected chi connectivity index (χ0v) is 15.2. The number of anilines is 1. The summed E-state index contributed by atoms with van der Waals surface area (Å²) in [5.41, 5.74) is 0.719. The van der Waals surface area contributed by atoms with Gasteiger partial charge in [-0.2, -0.15) is 0 Å². The molecule has 0 bridgehead atoms. The summed E-state index contributed by atoms with van der Waals surface area (Å²) in [6.07, 6.45) is 4.71. The molecule has 1 aliphatic carbocycles. The zero-order valence-electron chi connectivity index (χ0n) is 15.2. The summed E-state index contributed by atoms with van der Waals surface area (Å²) in [5, 5.41) is 3.94. The van der Waals surface area contributed by atoms with Crippen LogP contribution in [-0.4, -0.2) is 29.7 Å². The molecule has 2 aromatic rings. The van der Waals surface area contributed by atoms with Crippen LogP contribution < -0.4 is 10.1 Å². The van der Waals surface area contributed by atoms with Gasteiger partial charge in [0.05, 0.1) is 12.3 Å². The number of aromatic nitrogens is 1. The fourth-order valence-corrected chi connectivity index (χ4v) is 3.09. The van der Waals surface area contributed by atoms with Gasteiger partial charge in [-0.05, 0) is 63.3 Å². The minimum absolute atomic E-state index is 0.0854. The number of nitrogens with zero attached hydrogens (tertiary/aromatic N) is 1. The van der Waals surface area contributed by atoms with Gasteiger partial charge in [0.2, 0.25) is 0 Å². The van der Waals surface area contributed by atoms with E-state index >= 15 is 0 Å². The molecule has 1 unspecified atom stereocenters. The first-order valence-electron chi connectivity index (χ1n) is 9.06. The van der Waals surface area contributed by atoms with Crippen molar-refractivity contribution < 1.29 is 14.3 Å². The van der Waals surface area contributed by atoms with E-state index in [-0.39, 0.29) is 5.91 Å². The van der Waals surface area contributed by atoms with Gasteiger partial charge in [0.15, 0.2) is 0 Å². The van der Waals surface area contributed by atoms with Crippen LogP contribution in [0.5, 0.6) is 5.75 Å². The van der Waals surface area contributed by atoms with Crippen LogP contribution in [0.25, 0.3) is 10.9 Å². The zero-order chi connectivity index (χ0) is 17.9. The minimum atomic E-state index is -0.775. The second-order valence-electron chi connectivity index (χ2n) is 6.63. The van der Waals surface area contributed by atoms with Crippen LogP contribution in [0.4, 0.5) is 5.69 Å². The molecule has 1 atom stereocenters. The molecule has 0 saturated heterocycles. The molecule has 1 heterocycles. The molecule has 1 aromatic heterocycles. The molecule has 0 radical (unpaired) electrons. The Labute approximate surface area is 148 Å². The number of ether oxygens (including phenoxy) is 2. The van der Waals surface area contributed by atoms with Gasteiger partial charge in [0.25, 0.3) is 5.91 Å². The maximum atomic E-state index is 13.0. The van der Waals surface area contributed by atoms with Crippen LogP contribution >= 0.6 is 0 Å². The Morgan fingerprint density at radius 3 is 2.80 bits per heavy atom. The quantitative estimate of drug-likeness (QED) is 0.782. The van der Waals surface area contributed by atoms with Crippen molar-refractivity contribution in [2.24, 2.45) is 5.92 Å². The van der Waals surface area contributed by atoms with Gasteiger partial charge in [0, 0.05) is 18.2 Å². The van der Waals surface area contributed by atoms with Crippen molar-refractivity contribution >= 4 is 22.5 Å². The lowest BCUT2D eigenvalue weighted by atomic mass is 9.98. The highest BCUT2D eigenvalue weighted by Crippen LogP contribution is 2.43. The molecule has 1 aliphatic rings. The maximum Gasteiger partial charge on any atom is 0.256 e. The third-order valence-corrected chi connectivity index (χ3v) is 4.69. The fourth-order valence-electron chi connectivity index (χ4n) is 3.09. The van der Waals surface area contributed by atoms with E-state index in [1.807, 2.05) is 38.1 Å². The average molecular weight is 342 g/mol. The van der Waals surface area contributed by atoms with Gasteiger partial charge < -0.3 is 14.8 Å². The van der Waals surface area contributed by atoms with Gasteiger partial charge in [-0.15, -0.1) is 0 Å². The van der Waals surface area contributed by atoms with E-state index in [9.17, 15) is 4.79 Å². The van der Waals surface area contributed by atoms with E-state index in [0.29, 0.717) is 19.1 Å². The first kappa shape index (κ1) is 17.7. The van der Waals surface area contributed by atoms with E-state index in [2.05, 4.69) is 17.2 Å². The van der Waals surface area contributed by atoms with E-state index < -0.39 is 5.60 Å². The summed E-state index contributed by atoms with van der Waals surface area (Å²) in [6.45, 7) is 7.06. The summed E-state index contributed by atoms with van der Waals surface area (Å²) in [5.74, 6) is 0.937. The van der Waals surface area contributed by atoms with E-state index in [0.717, 1.165) is 41.6 Å². The van der Waals surface area contributed by atoms with Crippen LogP contribution in [0.2, 0.25) is 0 Å². The van der Waals surface area contributed by atoms with Crippen molar-refractivity contribution in [1.29, 1.82) is 0 Å². The van der Waals surface area contributed by atoms with Crippen molar-refractivity contribution in [2.45, 2.75) is 45.6 Å². The first-order chi connectivity index (χ1) is 12.1. The van der Waals surface area contributed by atoms with E-state index in [1.54, 1.807) is 6.20 Å². The predicted molar refractivity (Wildman–Crippen MR) is 98.9 cm³/mol. The highest BCUT2D eigenvalue weighted by Gasteiger charge is 2.48. The highest BCUT2D eigenvalue weighted by molar-refractivity contribution is 6.05. The number of carbonyl (C=O) groups excluding carboxylic acids is 1. The van der Waals surface area contributed by atoms with Gasteiger partial charge in [-0.3, -0.25) is 9.78 Å². The molecule has 134 valence electrons. The fraction of sp³-hybridized carbons (Fsp3) is 0.500. The number of amides is 1. The Morgan fingerprint density at radius 1 is 1.32 bits per heavy atom. The standard InChI is InChI=1S/C20H26N2O3/c1-4-13-25-20(3,14-8-9-14)19(23)22-16-10-11-17(24-5-2)18-15(16)7-6-12-21-18/h6-7,10-12,14H,4-5,8-9,13H2,1-3H3,(H,22,23). The molecular formula is C20H26N2O3. The molecular weight excluding hydrogens is 316 g/mol. The van der Waals surface area contributed by atoms with Crippen LogP contribution in [0, 0.1) is 5.92 Å². The van der Waals surface area contributed by atoms with Crippen LogP contribution in [0.15, 0.2) is 30.5 Å². The van der Waals surface area contributed by atoms with Crippen molar-refractivity contribution in [3.8, 4) is 5.75 Å². The minimum Gasteiger partial charge on any atom is -0.492 e. The molecule has 1 saturated carbocycles. The third kappa shape index (κ3) is 3.61. The SMILES string of the molecule is CCCOC(C)(C(=O)Nc1ccc(OCC)c2ncccc12)C1CC1. The van der Waals surface area contributed by atoms with Crippen LogP contribution in [-0.2, 0) is 9.53 Å². The van der Waals surface area contributed by atoms with Crippen molar-refractivity contribution in [2.75, 3.05) is 18.5 Å². The molecule has 5 nitrogen and oxygen atoms in total. The molecule has 5 heteroatoms.